The van der Waals surface area contributed by atoms with Crippen molar-refractivity contribution in [1.82, 2.24) is 0 Å². The van der Waals surface area contributed by atoms with Crippen molar-refractivity contribution < 1.29 is 0 Å². The second-order valence-corrected chi connectivity index (χ2v) is 3.93. The third kappa shape index (κ3) is 6.23. The Balaban J connectivity index is 3.17. The van der Waals surface area contributed by atoms with Crippen molar-refractivity contribution in [2.24, 2.45) is 11.7 Å². The van der Waals surface area contributed by atoms with Gasteiger partial charge in [0.2, 0.25) is 0 Å². The summed E-state index contributed by atoms with van der Waals surface area (Å²) in [6.45, 7) is 4.19. The van der Waals surface area contributed by atoms with E-state index in [0.29, 0.717) is 5.84 Å². The van der Waals surface area contributed by atoms with Gasteiger partial charge in [0.1, 0.15) is 0 Å². The first-order valence-corrected chi connectivity index (χ1v) is 5.25. The molecule has 3 N–H and O–H groups in total. The Morgan fingerprint density at radius 1 is 1.64 bits per heavy atom. The van der Waals surface area contributed by atoms with E-state index < -0.39 is 0 Å². The van der Waals surface area contributed by atoms with E-state index in [1.165, 1.54) is 18.6 Å². The van der Waals surface area contributed by atoms with Crippen LogP contribution in [0.4, 0.5) is 0 Å². The van der Waals surface area contributed by atoms with Crippen LogP contribution in [0.15, 0.2) is 0 Å². The maximum atomic E-state index is 7.15. The quantitative estimate of drug-likeness (QED) is 0.368. The van der Waals surface area contributed by atoms with Crippen LogP contribution >= 0.6 is 11.8 Å². The highest BCUT2D eigenvalue weighted by Crippen LogP contribution is 2.09. The molecular formula is C8H18N2S. The number of hydrogen-bond donors (Lipinski definition) is 2. The van der Waals surface area contributed by atoms with E-state index in [4.69, 9.17) is 11.1 Å². The number of nitrogens with two attached hydrogens (primary N) is 1. The Bertz CT molecular complexity index is 115. The van der Waals surface area contributed by atoms with E-state index in [-0.39, 0.29) is 5.92 Å². The van der Waals surface area contributed by atoms with E-state index in [1.807, 2.05) is 18.7 Å². The van der Waals surface area contributed by atoms with Crippen molar-refractivity contribution in [1.29, 1.82) is 5.41 Å². The highest BCUT2D eigenvalue weighted by Gasteiger charge is 2.03. The van der Waals surface area contributed by atoms with Gasteiger partial charge >= 0.3 is 0 Å². The van der Waals surface area contributed by atoms with E-state index in [1.54, 1.807) is 0 Å². The van der Waals surface area contributed by atoms with Gasteiger partial charge in [-0.3, -0.25) is 5.41 Å². The van der Waals surface area contributed by atoms with Crippen LogP contribution in [0.5, 0.6) is 0 Å². The summed E-state index contributed by atoms with van der Waals surface area (Å²) in [7, 11) is 0. The minimum atomic E-state index is 0.247. The van der Waals surface area contributed by atoms with Crippen LogP contribution in [0.1, 0.15) is 26.7 Å². The standard InChI is InChI=1S/C8H18N2S/c1-3-4-5-11-6-7(2)8(9)10/h7H,3-6H2,1-2H3,(H3,9,10). The van der Waals surface area contributed by atoms with Crippen molar-refractivity contribution in [3.05, 3.63) is 0 Å². The Hall–Kier alpha value is -0.180. The van der Waals surface area contributed by atoms with Gasteiger partial charge in [-0.15, -0.1) is 0 Å². The first kappa shape index (κ1) is 10.8. The second kappa shape index (κ2) is 6.53. The molecule has 0 aliphatic heterocycles. The van der Waals surface area contributed by atoms with Gasteiger partial charge in [-0.2, -0.15) is 11.8 Å². The minimum Gasteiger partial charge on any atom is -0.387 e. The van der Waals surface area contributed by atoms with Gasteiger partial charge in [-0.05, 0) is 12.2 Å². The van der Waals surface area contributed by atoms with Crippen molar-refractivity contribution in [2.45, 2.75) is 26.7 Å². The monoisotopic (exact) mass is 174 g/mol. The largest absolute Gasteiger partial charge is 0.387 e. The maximum Gasteiger partial charge on any atom is 0.0942 e. The van der Waals surface area contributed by atoms with Crippen molar-refractivity contribution in [3.8, 4) is 0 Å². The fraction of sp³-hybridized carbons (Fsp3) is 0.875. The van der Waals surface area contributed by atoms with Crippen LogP contribution in [0.3, 0.4) is 0 Å². The number of hydrogen-bond acceptors (Lipinski definition) is 2. The van der Waals surface area contributed by atoms with Crippen molar-refractivity contribution >= 4 is 17.6 Å². The van der Waals surface area contributed by atoms with Gasteiger partial charge in [0.05, 0.1) is 5.84 Å². The number of thioether (sulfide) groups is 1. The van der Waals surface area contributed by atoms with E-state index >= 15 is 0 Å². The molecule has 2 nitrogen and oxygen atoms in total. The zero-order chi connectivity index (χ0) is 8.69. The lowest BCUT2D eigenvalue weighted by atomic mass is 10.2. The molecule has 0 spiro atoms. The summed E-state index contributed by atoms with van der Waals surface area (Å²) in [6, 6.07) is 0. The van der Waals surface area contributed by atoms with Crippen LogP contribution in [0.2, 0.25) is 0 Å². The van der Waals surface area contributed by atoms with Gasteiger partial charge in [-0.1, -0.05) is 20.3 Å². The molecule has 0 heterocycles. The molecule has 0 aromatic rings. The van der Waals surface area contributed by atoms with Gasteiger partial charge in [0, 0.05) is 11.7 Å². The summed E-state index contributed by atoms with van der Waals surface area (Å²) < 4.78 is 0. The molecule has 0 aliphatic carbocycles. The molecule has 0 radical (unpaired) electrons. The van der Waals surface area contributed by atoms with Crippen molar-refractivity contribution in [3.63, 3.8) is 0 Å². The summed E-state index contributed by atoms with van der Waals surface area (Å²) in [6.07, 6.45) is 2.52. The summed E-state index contributed by atoms with van der Waals surface area (Å²) in [5.41, 5.74) is 5.32. The molecular weight excluding hydrogens is 156 g/mol. The molecule has 3 heteroatoms. The summed E-state index contributed by atoms with van der Waals surface area (Å²) in [5.74, 6) is 2.76. The number of amidine groups is 1. The highest BCUT2D eigenvalue weighted by molar-refractivity contribution is 7.99. The smallest absolute Gasteiger partial charge is 0.0942 e. The van der Waals surface area contributed by atoms with Crippen LogP contribution in [0.25, 0.3) is 0 Å². The van der Waals surface area contributed by atoms with Crippen LogP contribution < -0.4 is 5.73 Å². The Morgan fingerprint density at radius 2 is 2.27 bits per heavy atom. The van der Waals surface area contributed by atoms with Crippen LogP contribution in [-0.4, -0.2) is 17.3 Å². The molecule has 0 aromatic heterocycles. The lowest BCUT2D eigenvalue weighted by Crippen LogP contribution is -2.21. The van der Waals surface area contributed by atoms with Gasteiger partial charge in [0.25, 0.3) is 0 Å². The van der Waals surface area contributed by atoms with E-state index in [0.717, 1.165) is 5.75 Å². The van der Waals surface area contributed by atoms with Crippen molar-refractivity contribution in [2.75, 3.05) is 11.5 Å². The molecule has 11 heavy (non-hydrogen) atoms. The van der Waals surface area contributed by atoms with Gasteiger partial charge in [-0.25, -0.2) is 0 Å². The number of unbranched alkanes of at least 4 members (excludes halogenated alkanes) is 1. The predicted octanol–water partition coefficient (Wildman–Crippen LogP) is 2.09. The summed E-state index contributed by atoms with van der Waals surface area (Å²) in [4.78, 5) is 0. The van der Waals surface area contributed by atoms with E-state index in [2.05, 4.69) is 6.92 Å². The lowest BCUT2D eigenvalue weighted by molar-refractivity contribution is 0.866. The zero-order valence-corrected chi connectivity index (χ0v) is 8.21. The summed E-state index contributed by atoms with van der Waals surface area (Å²) >= 11 is 1.89. The lowest BCUT2D eigenvalue weighted by Gasteiger charge is -2.07. The SMILES string of the molecule is CCCCSCC(C)C(=N)N. The second-order valence-electron chi connectivity index (χ2n) is 2.78. The fourth-order valence-corrected chi connectivity index (χ4v) is 1.79. The third-order valence-corrected chi connectivity index (χ3v) is 2.85. The molecule has 0 aliphatic rings. The average Bonchev–Trinajstić information content (AvgIpc) is 1.97. The number of nitrogens with one attached hydrogen (secondary N) is 1. The molecule has 0 fully saturated rings. The third-order valence-electron chi connectivity index (χ3n) is 1.54. The Labute approximate surface area is 73.4 Å². The molecule has 1 atom stereocenters. The first-order valence-electron chi connectivity index (χ1n) is 4.10. The predicted molar refractivity (Wildman–Crippen MR) is 53.3 cm³/mol. The van der Waals surface area contributed by atoms with Crippen LogP contribution in [0, 0.1) is 11.3 Å². The molecule has 66 valence electrons. The Kier molecular flexibility index (Phi) is 6.42. The maximum absolute atomic E-state index is 7.15. The first-order chi connectivity index (χ1) is 5.18. The topological polar surface area (TPSA) is 49.9 Å². The molecule has 0 bridgehead atoms. The van der Waals surface area contributed by atoms with Crippen LogP contribution in [-0.2, 0) is 0 Å². The molecule has 0 rings (SSSR count). The zero-order valence-electron chi connectivity index (χ0n) is 7.39. The van der Waals surface area contributed by atoms with Gasteiger partial charge < -0.3 is 5.73 Å². The highest BCUT2D eigenvalue weighted by atomic mass is 32.2. The molecule has 0 aromatic carbocycles. The molecule has 1 unspecified atom stereocenters. The van der Waals surface area contributed by atoms with E-state index in [9.17, 15) is 0 Å². The number of rotatable bonds is 6. The normalized spacial score (nSPS) is 12.9. The average molecular weight is 174 g/mol. The molecule has 0 saturated heterocycles. The minimum absolute atomic E-state index is 0.247. The fourth-order valence-electron chi connectivity index (χ4n) is 0.596. The summed E-state index contributed by atoms with van der Waals surface area (Å²) in [5, 5.41) is 7.15. The van der Waals surface area contributed by atoms with Gasteiger partial charge in [0.15, 0.2) is 0 Å². The molecule has 0 saturated carbocycles. The Morgan fingerprint density at radius 3 is 2.73 bits per heavy atom. The molecule has 0 amide bonds.